The number of hydrogen-bond acceptors (Lipinski definition) is 6. The highest BCUT2D eigenvalue weighted by molar-refractivity contribution is 7.98. The summed E-state index contributed by atoms with van der Waals surface area (Å²) in [6.07, 6.45) is 3.61. The SMILES string of the molecule is CN(C)Cc1cccc(CSCCNc2ncc(Cc3ccc(=O)[nH]c3)c(=O)[nH]2)c1. The van der Waals surface area contributed by atoms with Crippen molar-refractivity contribution >= 4 is 17.7 Å². The van der Waals surface area contributed by atoms with Crippen LogP contribution in [0.4, 0.5) is 5.95 Å². The third-order valence-corrected chi connectivity index (χ3v) is 5.44. The standard InChI is InChI=1S/C22H27N5O2S/c1-27(2)14-17-4-3-5-18(10-17)15-30-9-8-23-22-25-13-19(21(29)26-22)11-16-6-7-20(28)24-12-16/h3-7,10,12-13H,8-9,11,14-15H2,1-2H3,(H,24,28)(H2,23,25,26,29). The van der Waals surface area contributed by atoms with Gasteiger partial charge in [-0.15, -0.1) is 0 Å². The molecule has 3 N–H and O–H groups in total. The molecule has 158 valence electrons. The predicted octanol–water partition coefficient (Wildman–Crippen LogP) is 2.46. The molecule has 0 saturated heterocycles. The van der Waals surface area contributed by atoms with E-state index in [0.29, 0.717) is 24.5 Å². The van der Waals surface area contributed by atoms with E-state index < -0.39 is 0 Å². The van der Waals surface area contributed by atoms with Crippen LogP contribution in [0.5, 0.6) is 0 Å². The first-order chi connectivity index (χ1) is 14.5. The number of benzene rings is 1. The fourth-order valence-corrected chi connectivity index (χ4v) is 3.83. The maximum absolute atomic E-state index is 12.3. The van der Waals surface area contributed by atoms with Crippen molar-refractivity contribution in [2.45, 2.75) is 18.7 Å². The number of nitrogens with one attached hydrogen (secondary N) is 3. The molecular formula is C22H27N5O2S. The highest BCUT2D eigenvalue weighted by atomic mass is 32.2. The van der Waals surface area contributed by atoms with Crippen LogP contribution in [0.1, 0.15) is 22.3 Å². The molecule has 8 heteroatoms. The average Bonchev–Trinajstić information content (AvgIpc) is 2.71. The Hall–Kier alpha value is -2.84. The zero-order chi connectivity index (χ0) is 21.3. The second-order valence-electron chi connectivity index (χ2n) is 7.36. The number of hydrogen-bond donors (Lipinski definition) is 3. The molecule has 2 heterocycles. The minimum atomic E-state index is -0.177. The number of aromatic nitrogens is 3. The third kappa shape index (κ3) is 6.89. The summed E-state index contributed by atoms with van der Waals surface area (Å²) in [5.41, 5.74) is 3.71. The summed E-state index contributed by atoms with van der Waals surface area (Å²) in [4.78, 5) is 35.2. The molecule has 30 heavy (non-hydrogen) atoms. The Morgan fingerprint density at radius 3 is 2.67 bits per heavy atom. The van der Waals surface area contributed by atoms with Crippen LogP contribution < -0.4 is 16.4 Å². The molecule has 1 aromatic carbocycles. The van der Waals surface area contributed by atoms with E-state index in [-0.39, 0.29) is 11.1 Å². The maximum atomic E-state index is 12.3. The number of H-pyrrole nitrogens is 2. The van der Waals surface area contributed by atoms with E-state index >= 15 is 0 Å². The predicted molar refractivity (Wildman–Crippen MR) is 123 cm³/mol. The zero-order valence-electron chi connectivity index (χ0n) is 17.3. The lowest BCUT2D eigenvalue weighted by molar-refractivity contribution is 0.402. The molecular weight excluding hydrogens is 398 g/mol. The smallest absolute Gasteiger partial charge is 0.255 e. The Bertz CT molecular complexity index is 1060. The highest BCUT2D eigenvalue weighted by Crippen LogP contribution is 2.14. The van der Waals surface area contributed by atoms with E-state index in [4.69, 9.17) is 0 Å². The quantitative estimate of drug-likeness (QED) is 0.432. The van der Waals surface area contributed by atoms with Crippen LogP contribution >= 0.6 is 11.8 Å². The molecule has 0 spiro atoms. The molecule has 0 atom stereocenters. The molecule has 2 aromatic heterocycles. The van der Waals surface area contributed by atoms with Gasteiger partial charge < -0.3 is 15.2 Å². The van der Waals surface area contributed by atoms with E-state index in [2.05, 4.69) is 63.5 Å². The van der Waals surface area contributed by atoms with Crippen molar-refractivity contribution in [2.75, 3.05) is 31.7 Å². The molecule has 0 aliphatic heterocycles. The van der Waals surface area contributed by atoms with Crippen LogP contribution in [0.15, 0.2) is 58.4 Å². The van der Waals surface area contributed by atoms with E-state index in [0.717, 1.165) is 23.6 Å². The maximum Gasteiger partial charge on any atom is 0.255 e. The van der Waals surface area contributed by atoms with Gasteiger partial charge in [0, 0.05) is 55.0 Å². The van der Waals surface area contributed by atoms with Gasteiger partial charge in [0.15, 0.2) is 0 Å². The fourth-order valence-electron chi connectivity index (χ4n) is 3.02. The van der Waals surface area contributed by atoms with Crippen molar-refractivity contribution in [1.82, 2.24) is 19.9 Å². The average molecular weight is 426 g/mol. The van der Waals surface area contributed by atoms with Crippen molar-refractivity contribution < 1.29 is 0 Å². The summed E-state index contributed by atoms with van der Waals surface area (Å²) in [6.45, 7) is 1.65. The Morgan fingerprint density at radius 2 is 1.93 bits per heavy atom. The van der Waals surface area contributed by atoms with Gasteiger partial charge in [-0.25, -0.2) is 4.98 Å². The number of anilines is 1. The lowest BCUT2D eigenvalue weighted by Gasteiger charge is -2.11. The zero-order valence-corrected chi connectivity index (χ0v) is 18.1. The van der Waals surface area contributed by atoms with E-state index in [1.165, 1.54) is 17.2 Å². The molecule has 3 aromatic rings. The summed E-state index contributed by atoms with van der Waals surface area (Å²) in [5.74, 6) is 2.32. The van der Waals surface area contributed by atoms with Crippen molar-refractivity contribution in [3.05, 3.63) is 91.8 Å². The van der Waals surface area contributed by atoms with Gasteiger partial charge in [-0.1, -0.05) is 30.3 Å². The van der Waals surface area contributed by atoms with Gasteiger partial charge in [-0.2, -0.15) is 11.8 Å². The Balaban J connectivity index is 1.44. The van der Waals surface area contributed by atoms with E-state index in [9.17, 15) is 9.59 Å². The molecule has 0 aliphatic carbocycles. The van der Waals surface area contributed by atoms with E-state index in [1.807, 2.05) is 11.8 Å². The third-order valence-electron chi connectivity index (χ3n) is 4.41. The van der Waals surface area contributed by atoms with Crippen LogP contribution in [0.25, 0.3) is 0 Å². The summed E-state index contributed by atoms with van der Waals surface area (Å²) >= 11 is 1.84. The molecule has 0 aliphatic rings. The fraction of sp³-hybridized carbons (Fsp3) is 0.318. The molecule has 0 saturated carbocycles. The Labute approximate surface area is 180 Å². The second-order valence-corrected chi connectivity index (χ2v) is 8.47. The van der Waals surface area contributed by atoms with Crippen molar-refractivity contribution in [1.29, 1.82) is 0 Å². The van der Waals surface area contributed by atoms with Gasteiger partial charge in [0.2, 0.25) is 11.5 Å². The molecule has 0 unspecified atom stereocenters. The minimum absolute atomic E-state index is 0.163. The first-order valence-corrected chi connectivity index (χ1v) is 10.9. The lowest BCUT2D eigenvalue weighted by atomic mass is 10.1. The number of rotatable bonds is 10. The Morgan fingerprint density at radius 1 is 1.10 bits per heavy atom. The van der Waals surface area contributed by atoms with Gasteiger partial charge in [0.05, 0.1) is 0 Å². The van der Waals surface area contributed by atoms with E-state index in [1.54, 1.807) is 18.5 Å². The van der Waals surface area contributed by atoms with Gasteiger partial charge >= 0.3 is 0 Å². The Kier molecular flexibility index (Phi) is 7.87. The number of thioether (sulfide) groups is 1. The topological polar surface area (TPSA) is 93.9 Å². The van der Waals surface area contributed by atoms with Gasteiger partial charge in [0.1, 0.15) is 0 Å². The second kappa shape index (κ2) is 10.8. The minimum Gasteiger partial charge on any atom is -0.355 e. The number of aromatic amines is 2. The van der Waals surface area contributed by atoms with Crippen LogP contribution in [0.3, 0.4) is 0 Å². The molecule has 0 radical (unpaired) electrons. The molecule has 0 fully saturated rings. The highest BCUT2D eigenvalue weighted by Gasteiger charge is 2.05. The first kappa shape index (κ1) is 21.9. The first-order valence-electron chi connectivity index (χ1n) is 9.79. The van der Waals surface area contributed by atoms with Gasteiger partial charge in [-0.3, -0.25) is 14.6 Å². The van der Waals surface area contributed by atoms with Crippen molar-refractivity contribution in [3.63, 3.8) is 0 Å². The summed E-state index contributed by atoms with van der Waals surface area (Å²) in [7, 11) is 4.14. The van der Waals surface area contributed by atoms with Gasteiger partial charge in [-0.05, 0) is 30.8 Å². The summed E-state index contributed by atoms with van der Waals surface area (Å²) < 4.78 is 0. The van der Waals surface area contributed by atoms with Crippen molar-refractivity contribution in [3.8, 4) is 0 Å². The molecule has 0 amide bonds. The van der Waals surface area contributed by atoms with Crippen LogP contribution in [0.2, 0.25) is 0 Å². The summed E-state index contributed by atoms with van der Waals surface area (Å²) in [5, 5.41) is 3.17. The van der Waals surface area contributed by atoms with Gasteiger partial charge in [0.25, 0.3) is 5.56 Å². The monoisotopic (exact) mass is 425 g/mol. The molecule has 7 nitrogen and oxygen atoms in total. The molecule has 0 bridgehead atoms. The van der Waals surface area contributed by atoms with Crippen LogP contribution in [-0.2, 0) is 18.7 Å². The molecule has 3 rings (SSSR count). The normalized spacial score (nSPS) is 11.0. The van der Waals surface area contributed by atoms with Crippen molar-refractivity contribution in [2.24, 2.45) is 0 Å². The number of nitrogens with zero attached hydrogens (tertiary/aromatic N) is 2. The van der Waals surface area contributed by atoms with Crippen LogP contribution in [0, 0.1) is 0 Å². The number of pyridine rings is 1. The summed E-state index contributed by atoms with van der Waals surface area (Å²) in [6, 6.07) is 11.8. The van der Waals surface area contributed by atoms with Crippen LogP contribution in [-0.4, -0.2) is 46.2 Å². The lowest BCUT2D eigenvalue weighted by Crippen LogP contribution is -2.18. The largest absolute Gasteiger partial charge is 0.355 e.